The molecule has 1 atom stereocenters. The van der Waals surface area contributed by atoms with Gasteiger partial charge in [0.15, 0.2) is 0 Å². The Morgan fingerprint density at radius 2 is 1.71 bits per heavy atom. The zero-order valence-corrected chi connectivity index (χ0v) is 14.9. The van der Waals surface area contributed by atoms with Gasteiger partial charge in [-0.15, -0.1) is 0 Å². The summed E-state index contributed by atoms with van der Waals surface area (Å²) in [5.41, 5.74) is 2.88. The smallest absolute Gasteiger partial charge is 0.300 e. The number of hydrogen-bond donors (Lipinski definition) is 0. The van der Waals surface area contributed by atoms with Gasteiger partial charge in [-0.25, -0.2) is 4.79 Å². The van der Waals surface area contributed by atoms with Crippen molar-refractivity contribution in [1.29, 1.82) is 0 Å². The molecule has 0 unspecified atom stereocenters. The molecular weight excluding hydrogens is 302 g/mol. The van der Waals surface area contributed by atoms with Crippen LogP contribution >= 0.6 is 0 Å². The van der Waals surface area contributed by atoms with Gasteiger partial charge in [-0.2, -0.15) is 0 Å². The molecular formula is C19H25N3O2. The van der Waals surface area contributed by atoms with E-state index in [2.05, 4.69) is 24.0 Å². The van der Waals surface area contributed by atoms with Gasteiger partial charge in [-0.1, -0.05) is 18.2 Å². The van der Waals surface area contributed by atoms with E-state index >= 15 is 0 Å². The Hall–Kier alpha value is -2.14. The Labute approximate surface area is 142 Å². The number of hydrogen-bond acceptors (Lipinski definition) is 3. The van der Waals surface area contributed by atoms with Gasteiger partial charge in [0.1, 0.15) is 0 Å². The van der Waals surface area contributed by atoms with Gasteiger partial charge in [-0.3, -0.25) is 14.3 Å². The Balaban J connectivity index is 2.10. The molecule has 1 aliphatic rings. The van der Waals surface area contributed by atoms with Crippen molar-refractivity contribution in [3.05, 3.63) is 56.4 Å². The first kappa shape index (κ1) is 16.7. The normalized spacial score (nSPS) is 16.5. The van der Waals surface area contributed by atoms with Crippen LogP contribution in [0.15, 0.2) is 33.9 Å². The van der Waals surface area contributed by atoms with Gasteiger partial charge >= 0.3 is 5.69 Å². The maximum atomic E-state index is 12.6. The van der Waals surface area contributed by atoms with Gasteiger partial charge in [0.25, 0.3) is 5.56 Å². The van der Waals surface area contributed by atoms with Crippen molar-refractivity contribution in [2.45, 2.75) is 32.7 Å². The standard InChI is InChI=1S/C19H25N3O2/c1-13(22-10-5-6-11-22)15-8-7-9-16(12-15)17-14(2)20(3)19(24)21(4)18(17)23/h7-9,12-13H,5-6,10-11H2,1-4H3/t13-/m0/s1. The molecule has 24 heavy (non-hydrogen) atoms. The lowest BCUT2D eigenvalue weighted by Crippen LogP contribution is -2.39. The van der Waals surface area contributed by atoms with Crippen LogP contribution in [0.3, 0.4) is 0 Å². The number of aromatic nitrogens is 2. The first-order valence-electron chi connectivity index (χ1n) is 8.53. The first-order valence-corrected chi connectivity index (χ1v) is 8.53. The molecule has 0 spiro atoms. The van der Waals surface area contributed by atoms with Crippen molar-refractivity contribution >= 4 is 0 Å². The molecule has 2 aromatic rings. The van der Waals surface area contributed by atoms with Crippen molar-refractivity contribution in [3.8, 4) is 11.1 Å². The third kappa shape index (κ3) is 2.73. The van der Waals surface area contributed by atoms with Crippen LogP contribution in [0.1, 0.15) is 37.1 Å². The van der Waals surface area contributed by atoms with Crippen LogP contribution in [0.5, 0.6) is 0 Å². The predicted molar refractivity (Wildman–Crippen MR) is 96.3 cm³/mol. The molecule has 5 nitrogen and oxygen atoms in total. The highest BCUT2D eigenvalue weighted by atomic mass is 16.2. The minimum Gasteiger partial charge on any atom is -0.300 e. The van der Waals surface area contributed by atoms with Crippen molar-refractivity contribution < 1.29 is 0 Å². The summed E-state index contributed by atoms with van der Waals surface area (Å²) in [6, 6.07) is 8.50. The molecule has 0 radical (unpaired) electrons. The maximum Gasteiger partial charge on any atom is 0.330 e. The monoisotopic (exact) mass is 327 g/mol. The van der Waals surface area contributed by atoms with E-state index in [4.69, 9.17) is 0 Å². The van der Waals surface area contributed by atoms with E-state index in [1.54, 1.807) is 7.05 Å². The highest BCUT2D eigenvalue weighted by Gasteiger charge is 2.20. The highest BCUT2D eigenvalue weighted by Crippen LogP contribution is 2.28. The fourth-order valence-electron chi connectivity index (χ4n) is 3.57. The van der Waals surface area contributed by atoms with Crippen LogP contribution in [0, 0.1) is 6.92 Å². The van der Waals surface area contributed by atoms with Gasteiger partial charge < -0.3 is 4.57 Å². The predicted octanol–water partition coefficient (Wildman–Crippen LogP) is 2.22. The topological polar surface area (TPSA) is 47.2 Å². The molecule has 1 fully saturated rings. The number of benzene rings is 1. The lowest BCUT2D eigenvalue weighted by atomic mass is 9.99. The molecule has 1 saturated heterocycles. The zero-order chi connectivity index (χ0) is 17.4. The van der Waals surface area contributed by atoms with Crippen LogP contribution < -0.4 is 11.2 Å². The Morgan fingerprint density at radius 3 is 2.38 bits per heavy atom. The molecule has 1 aromatic carbocycles. The average molecular weight is 327 g/mol. The Kier molecular flexibility index (Phi) is 4.45. The highest BCUT2D eigenvalue weighted by molar-refractivity contribution is 5.65. The minimum absolute atomic E-state index is 0.235. The molecule has 0 N–H and O–H groups in total. The Morgan fingerprint density at radius 1 is 1.04 bits per heavy atom. The van der Waals surface area contributed by atoms with Crippen molar-refractivity contribution in [2.24, 2.45) is 14.1 Å². The third-order valence-corrected chi connectivity index (χ3v) is 5.30. The van der Waals surface area contributed by atoms with E-state index in [1.165, 1.54) is 34.6 Å². The van der Waals surface area contributed by atoms with Crippen LogP contribution in [-0.4, -0.2) is 27.1 Å². The summed E-state index contributed by atoms with van der Waals surface area (Å²) in [7, 11) is 3.24. The Bertz CT molecular complexity index is 873. The van der Waals surface area contributed by atoms with Crippen molar-refractivity contribution in [2.75, 3.05) is 13.1 Å². The quantitative estimate of drug-likeness (QED) is 0.868. The van der Waals surface area contributed by atoms with Crippen molar-refractivity contribution in [1.82, 2.24) is 14.0 Å². The summed E-state index contributed by atoms with van der Waals surface area (Å²) in [4.78, 5) is 27.2. The van der Waals surface area contributed by atoms with E-state index in [1.807, 2.05) is 19.1 Å². The summed E-state index contributed by atoms with van der Waals surface area (Å²) in [5.74, 6) is 0. The fraction of sp³-hybridized carbons (Fsp3) is 0.474. The van der Waals surface area contributed by atoms with Gasteiger partial charge in [0.05, 0.1) is 5.56 Å². The van der Waals surface area contributed by atoms with Crippen molar-refractivity contribution in [3.63, 3.8) is 0 Å². The summed E-state index contributed by atoms with van der Waals surface area (Å²) in [5, 5.41) is 0. The summed E-state index contributed by atoms with van der Waals surface area (Å²) >= 11 is 0. The lowest BCUT2D eigenvalue weighted by Gasteiger charge is -2.24. The molecule has 1 aliphatic heterocycles. The molecule has 5 heteroatoms. The average Bonchev–Trinajstić information content (AvgIpc) is 3.12. The molecule has 3 rings (SSSR count). The summed E-state index contributed by atoms with van der Waals surface area (Å²) in [6.07, 6.45) is 2.51. The number of nitrogens with zero attached hydrogens (tertiary/aromatic N) is 3. The minimum atomic E-state index is -0.289. The molecule has 0 bridgehead atoms. The molecule has 1 aromatic heterocycles. The van der Waals surface area contributed by atoms with Crippen LogP contribution in [0.4, 0.5) is 0 Å². The number of rotatable bonds is 3. The first-order chi connectivity index (χ1) is 11.4. The van der Waals surface area contributed by atoms with Gasteiger partial charge in [0, 0.05) is 25.8 Å². The second kappa shape index (κ2) is 6.40. The zero-order valence-electron chi connectivity index (χ0n) is 14.9. The van der Waals surface area contributed by atoms with E-state index < -0.39 is 0 Å². The van der Waals surface area contributed by atoms with E-state index in [9.17, 15) is 9.59 Å². The van der Waals surface area contributed by atoms with E-state index in [0.717, 1.165) is 18.7 Å². The largest absolute Gasteiger partial charge is 0.330 e. The fourth-order valence-corrected chi connectivity index (χ4v) is 3.57. The van der Waals surface area contributed by atoms with Gasteiger partial charge in [-0.05, 0) is 57.0 Å². The van der Waals surface area contributed by atoms with Crippen LogP contribution in [0.2, 0.25) is 0 Å². The van der Waals surface area contributed by atoms with Crippen LogP contribution in [-0.2, 0) is 14.1 Å². The van der Waals surface area contributed by atoms with E-state index in [0.29, 0.717) is 17.3 Å². The van der Waals surface area contributed by atoms with Crippen LogP contribution in [0.25, 0.3) is 11.1 Å². The molecule has 128 valence electrons. The van der Waals surface area contributed by atoms with E-state index in [-0.39, 0.29) is 11.2 Å². The molecule has 0 aliphatic carbocycles. The maximum absolute atomic E-state index is 12.6. The number of likely N-dealkylation sites (tertiary alicyclic amines) is 1. The second-order valence-corrected chi connectivity index (χ2v) is 6.71. The van der Waals surface area contributed by atoms with Gasteiger partial charge in [0.2, 0.25) is 0 Å². The third-order valence-electron chi connectivity index (χ3n) is 5.30. The second-order valence-electron chi connectivity index (χ2n) is 6.71. The molecule has 0 saturated carbocycles. The molecule has 2 heterocycles. The SMILES string of the molecule is Cc1c(-c2cccc([C@H](C)N3CCCC3)c2)c(=O)n(C)c(=O)n1C. The summed E-state index contributed by atoms with van der Waals surface area (Å²) < 4.78 is 2.71. The lowest BCUT2D eigenvalue weighted by molar-refractivity contribution is 0.263. The molecule has 0 amide bonds. The summed E-state index contributed by atoms with van der Waals surface area (Å²) in [6.45, 7) is 6.31.